The molecule has 0 saturated heterocycles. The zero-order chi connectivity index (χ0) is 12.9. The number of rotatable bonds is 7. The molecule has 0 heterocycles. The fourth-order valence-corrected chi connectivity index (χ4v) is 1.02. The zero-order valence-electron chi connectivity index (χ0n) is 8.29. The second kappa shape index (κ2) is 6.86. The van der Waals surface area contributed by atoms with Crippen LogP contribution in [0.1, 0.15) is 0 Å². The van der Waals surface area contributed by atoms with Gasteiger partial charge in [0.1, 0.15) is 36.6 Å². The van der Waals surface area contributed by atoms with E-state index in [1.54, 1.807) is 0 Å². The molecule has 0 saturated carbocycles. The summed E-state index contributed by atoms with van der Waals surface area (Å²) in [5.74, 6) is 0. The summed E-state index contributed by atoms with van der Waals surface area (Å²) in [6, 6.07) is 0. The first-order chi connectivity index (χ1) is 7.36. The molecule has 0 radical (unpaired) electrons. The van der Waals surface area contributed by atoms with Crippen LogP contribution in [0.25, 0.3) is 0 Å². The summed E-state index contributed by atoms with van der Waals surface area (Å²) in [6.07, 6.45) is -11.7. The minimum atomic E-state index is -2.05. The highest BCUT2D eigenvalue weighted by Gasteiger charge is 2.36. The van der Waals surface area contributed by atoms with Gasteiger partial charge in [0.15, 0.2) is 6.29 Å². The van der Waals surface area contributed by atoms with Crippen molar-refractivity contribution in [2.75, 3.05) is 6.61 Å². The van der Waals surface area contributed by atoms with Gasteiger partial charge in [-0.2, -0.15) is 0 Å². The van der Waals surface area contributed by atoms with Crippen molar-refractivity contribution in [3.63, 3.8) is 0 Å². The lowest BCUT2D eigenvalue weighted by molar-refractivity contribution is -0.159. The largest absolute Gasteiger partial charge is 0.394 e. The molecule has 7 N–H and O–H groups in total. The number of aldehydes is 1. The van der Waals surface area contributed by atoms with Crippen LogP contribution in [-0.4, -0.2) is 85.3 Å². The Morgan fingerprint density at radius 1 is 0.812 bits per heavy atom. The van der Waals surface area contributed by atoms with Gasteiger partial charge in [0, 0.05) is 0 Å². The molecule has 0 fully saturated rings. The van der Waals surface area contributed by atoms with Crippen molar-refractivity contribution in [3.05, 3.63) is 0 Å². The Morgan fingerprint density at radius 3 is 1.62 bits per heavy atom. The lowest BCUT2D eigenvalue weighted by Gasteiger charge is -2.29. The van der Waals surface area contributed by atoms with E-state index in [4.69, 9.17) is 25.5 Å². The third-order valence-corrected chi connectivity index (χ3v) is 2.12. The van der Waals surface area contributed by atoms with Crippen LogP contribution in [0.3, 0.4) is 0 Å². The summed E-state index contributed by atoms with van der Waals surface area (Å²) in [6.45, 7) is -0.864. The summed E-state index contributed by atoms with van der Waals surface area (Å²) in [5, 5.41) is 63.0. The predicted molar refractivity (Wildman–Crippen MR) is 49.2 cm³/mol. The molecule has 16 heavy (non-hydrogen) atoms. The minimum absolute atomic E-state index is 0.0601. The fourth-order valence-electron chi connectivity index (χ4n) is 1.02. The van der Waals surface area contributed by atoms with Crippen LogP contribution in [0.4, 0.5) is 0 Å². The average Bonchev–Trinajstić information content (AvgIpc) is 2.32. The number of aliphatic hydroxyl groups excluding tert-OH is 7. The van der Waals surface area contributed by atoms with Gasteiger partial charge in [0.05, 0.1) is 6.61 Å². The van der Waals surface area contributed by atoms with Gasteiger partial charge in [-0.1, -0.05) is 0 Å². The Kier molecular flexibility index (Phi) is 6.60. The van der Waals surface area contributed by atoms with Crippen molar-refractivity contribution in [2.45, 2.75) is 36.6 Å². The summed E-state index contributed by atoms with van der Waals surface area (Å²) < 4.78 is 0. The molecule has 0 rings (SSSR count). The van der Waals surface area contributed by atoms with Crippen LogP contribution in [0.2, 0.25) is 0 Å². The van der Waals surface area contributed by atoms with Gasteiger partial charge in [-0.3, -0.25) is 0 Å². The predicted octanol–water partition coefficient (Wildman–Crippen LogP) is -4.66. The maximum absolute atomic E-state index is 10.1. The molecular formula is C8H16O8. The monoisotopic (exact) mass is 240 g/mol. The number of hydrogen-bond acceptors (Lipinski definition) is 8. The van der Waals surface area contributed by atoms with E-state index in [-0.39, 0.29) is 6.29 Å². The van der Waals surface area contributed by atoms with Crippen LogP contribution in [0.5, 0.6) is 0 Å². The van der Waals surface area contributed by atoms with E-state index in [1.165, 1.54) is 0 Å². The SMILES string of the molecule is O=C[C@H](O)[C@H](O)[C@H](O)[C@@H](O)[C@H](O)[C@@H](O)CO. The van der Waals surface area contributed by atoms with E-state index < -0.39 is 43.2 Å². The molecule has 8 nitrogen and oxygen atoms in total. The van der Waals surface area contributed by atoms with Gasteiger partial charge < -0.3 is 40.5 Å². The van der Waals surface area contributed by atoms with Crippen molar-refractivity contribution in [3.8, 4) is 0 Å². The minimum Gasteiger partial charge on any atom is -0.394 e. The van der Waals surface area contributed by atoms with Crippen molar-refractivity contribution >= 4 is 6.29 Å². The van der Waals surface area contributed by atoms with Crippen molar-refractivity contribution in [1.29, 1.82) is 0 Å². The van der Waals surface area contributed by atoms with Crippen LogP contribution in [0, 0.1) is 0 Å². The van der Waals surface area contributed by atoms with Crippen LogP contribution >= 0.6 is 0 Å². The van der Waals surface area contributed by atoms with Gasteiger partial charge >= 0.3 is 0 Å². The number of carbonyl (C=O) groups excluding carboxylic acids is 1. The molecule has 0 aromatic rings. The van der Waals surface area contributed by atoms with E-state index in [0.29, 0.717) is 0 Å². The summed E-state index contributed by atoms with van der Waals surface area (Å²) in [5.41, 5.74) is 0. The smallest absolute Gasteiger partial charge is 0.151 e. The Labute approximate surface area is 91.0 Å². The molecule has 0 unspecified atom stereocenters. The Hall–Kier alpha value is -0.610. The molecule has 8 heteroatoms. The van der Waals surface area contributed by atoms with Gasteiger partial charge in [0.2, 0.25) is 0 Å². The number of hydrogen-bond donors (Lipinski definition) is 7. The van der Waals surface area contributed by atoms with Crippen LogP contribution in [0.15, 0.2) is 0 Å². The maximum Gasteiger partial charge on any atom is 0.151 e. The van der Waals surface area contributed by atoms with E-state index in [2.05, 4.69) is 0 Å². The van der Waals surface area contributed by atoms with Crippen molar-refractivity contribution in [1.82, 2.24) is 0 Å². The molecular weight excluding hydrogens is 224 g/mol. The first kappa shape index (κ1) is 15.4. The third kappa shape index (κ3) is 3.76. The summed E-state index contributed by atoms with van der Waals surface area (Å²) in [7, 11) is 0. The van der Waals surface area contributed by atoms with Crippen LogP contribution in [-0.2, 0) is 4.79 Å². The molecule has 0 aliphatic carbocycles. The van der Waals surface area contributed by atoms with E-state index in [9.17, 15) is 15.0 Å². The molecule has 0 bridgehead atoms. The topological polar surface area (TPSA) is 159 Å². The van der Waals surface area contributed by atoms with E-state index in [1.807, 2.05) is 0 Å². The highest BCUT2D eigenvalue weighted by molar-refractivity contribution is 5.56. The summed E-state index contributed by atoms with van der Waals surface area (Å²) in [4.78, 5) is 10.1. The van der Waals surface area contributed by atoms with Gasteiger partial charge in [0.25, 0.3) is 0 Å². The Balaban J connectivity index is 4.47. The van der Waals surface area contributed by atoms with Gasteiger partial charge in [-0.15, -0.1) is 0 Å². The molecule has 96 valence electrons. The number of aliphatic hydroxyl groups is 7. The first-order valence-electron chi connectivity index (χ1n) is 4.51. The highest BCUT2D eigenvalue weighted by atomic mass is 16.4. The third-order valence-electron chi connectivity index (χ3n) is 2.12. The Morgan fingerprint density at radius 2 is 1.25 bits per heavy atom. The van der Waals surface area contributed by atoms with E-state index >= 15 is 0 Å². The van der Waals surface area contributed by atoms with Gasteiger partial charge in [-0.05, 0) is 0 Å². The lowest BCUT2D eigenvalue weighted by Crippen LogP contribution is -2.53. The average molecular weight is 240 g/mol. The van der Waals surface area contributed by atoms with Crippen molar-refractivity contribution in [2.24, 2.45) is 0 Å². The molecule has 0 amide bonds. The van der Waals surface area contributed by atoms with Crippen LogP contribution < -0.4 is 0 Å². The normalized spacial score (nSPS) is 22.9. The summed E-state index contributed by atoms with van der Waals surface area (Å²) >= 11 is 0. The first-order valence-corrected chi connectivity index (χ1v) is 4.51. The molecule has 6 atom stereocenters. The second-order valence-corrected chi connectivity index (χ2v) is 3.34. The van der Waals surface area contributed by atoms with E-state index in [0.717, 1.165) is 0 Å². The molecule has 0 aromatic heterocycles. The molecule has 0 aromatic carbocycles. The highest BCUT2D eigenvalue weighted by Crippen LogP contribution is 2.10. The van der Waals surface area contributed by atoms with Gasteiger partial charge in [-0.25, -0.2) is 0 Å². The molecule has 0 aliphatic rings. The Bertz CT molecular complexity index is 210. The molecule has 0 aliphatic heterocycles. The standard InChI is InChI=1S/C8H16O8/c9-1-3(11)5(13)7(15)8(16)6(14)4(12)2-10/h1,3-8,10-16H,2H2/t3-,4-,5-,6+,7-,8-/m0/s1. The maximum atomic E-state index is 10.1. The number of carbonyl (C=O) groups is 1. The lowest BCUT2D eigenvalue weighted by atomic mass is 9.97. The molecule has 0 spiro atoms. The quantitative estimate of drug-likeness (QED) is 0.219. The second-order valence-electron chi connectivity index (χ2n) is 3.34. The zero-order valence-corrected chi connectivity index (χ0v) is 8.29. The van der Waals surface area contributed by atoms with Crippen molar-refractivity contribution < 1.29 is 40.5 Å². The fraction of sp³-hybridized carbons (Fsp3) is 0.875.